The minimum absolute atomic E-state index is 0.211. The third-order valence-corrected chi connectivity index (χ3v) is 1.32. The highest BCUT2D eigenvalue weighted by atomic mass is 19.4. The van der Waals surface area contributed by atoms with E-state index in [0.29, 0.717) is 0 Å². The quantitative estimate of drug-likeness (QED) is 0.654. The maximum atomic E-state index is 11.6. The molecule has 0 aromatic heterocycles. The molecule has 14 heavy (non-hydrogen) atoms. The highest BCUT2D eigenvalue weighted by molar-refractivity contribution is 5.72. The van der Waals surface area contributed by atoms with Crippen molar-refractivity contribution >= 4 is 5.97 Å². The van der Waals surface area contributed by atoms with E-state index in [2.05, 4.69) is 9.47 Å². The number of esters is 1. The predicted molar refractivity (Wildman–Crippen MR) is 42.7 cm³/mol. The lowest BCUT2D eigenvalue weighted by Crippen LogP contribution is -2.24. The van der Waals surface area contributed by atoms with Crippen molar-refractivity contribution in [1.82, 2.24) is 0 Å². The van der Waals surface area contributed by atoms with Gasteiger partial charge in [0.1, 0.15) is 6.61 Å². The standard InChI is InChI=1S/C8H13F3O3/c1-3-14-7(12)6(2)4-13-5-8(9,10)11/h6H,3-5H2,1-2H3. The lowest BCUT2D eigenvalue weighted by Gasteiger charge is -2.12. The summed E-state index contributed by atoms with van der Waals surface area (Å²) in [6.45, 7) is 1.67. The maximum Gasteiger partial charge on any atom is 0.411 e. The molecule has 84 valence electrons. The van der Waals surface area contributed by atoms with Crippen molar-refractivity contribution in [1.29, 1.82) is 0 Å². The summed E-state index contributed by atoms with van der Waals surface area (Å²) in [6, 6.07) is 0. The van der Waals surface area contributed by atoms with E-state index in [9.17, 15) is 18.0 Å². The van der Waals surface area contributed by atoms with Gasteiger partial charge < -0.3 is 9.47 Å². The number of carbonyl (C=O) groups excluding carboxylic acids is 1. The monoisotopic (exact) mass is 214 g/mol. The van der Waals surface area contributed by atoms with Crippen LogP contribution in [0.3, 0.4) is 0 Å². The molecule has 0 spiro atoms. The topological polar surface area (TPSA) is 35.5 Å². The van der Waals surface area contributed by atoms with E-state index in [-0.39, 0.29) is 13.2 Å². The van der Waals surface area contributed by atoms with Gasteiger partial charge in [0.25, 0.3) is 0 Å². The minimum atomic E-state index is -4.35. The second-order valence-electron chi connectivity index (χ2n) is 2.78. The molecular weight excluding hydrogens is 201 g/mol. The van der Waals surface area contributed by atoms with Crippen LogP contribution in [0.4, 0.5) is 13.2 Å². The van der Waals surface area contributed by atoms with E-state index in [1.165, 1.54) is 6.92 Å². The van der Waals surface area contributed by atoms with E-state index in [1.807, 2.05) is 0 Å². The Morgan fingerprint density at radius 2 is 2.00 bits per heavy atom. The van der Waals surface area contributed by atoms with Crippen LogP contribution in [0.2, 0.25) is 0 Å². The van der Waals surface area contributed by atoms with Crippen LogP contribution in [0.5, 0.6) is 0 Å². The van der Waals surface area contributed by atoms with Crippen molar-refractivity contribution in [2.75, 3.05) is 19.8 Å². The summed E-state index contributed by atoms with van der Waals surface area (Å²) in [4.78, 5) is 10.9. The van der Waals surface area contributed by atoms with Crippen LogP contribution >= 0.6 is 0 Å². The zero-order chi connectivity index (χ0) is 11.2. The summed E-state index contributed by atoms with van der Waals surface area (Å²) in [5, 5.41) is 0. The average Bonchev–Trinajstić information content (AvgIpc) is 2.02. The number of halogens is 3. The van der Waals surface area contributed by atoms with E-state index in [4.69, 9.17) is 0 Å². The molecule has 0 aromatic rings. The molecule has 0 radical (unpaired) electrons. The summed E-state index contributed by atoms with van der Waals surface area (Å²) in [7, 11) is 0. The third kappa shape index (κ3) is 6.71. The van der Waals surface area contributed by atoms with Crippen LogP contribution in [0.1, 0.15) is 13.8 Å². The molecule has 0 saturated heterocycles. The lowest BCUT2D eigenvalue weighted by atomic mass is 10.2. The van der Waals surface area contributed by atoms with Gasteiger partial charge in [-0.25, -0.2) is 0 Å². The Balaban J connectivity index is 3.63. The van der Waals surface area contributed by atoms with Gasteiger partial charge >= 0.3 is 12.1 Å². The fraction of sp³-hybridized carbons (Fsp3) is 0.875. The van der Waals surface area contributed by atoms with Crippen molar-refractivity contribution in [2.45, 2.75) is 20.0 Å². The van der Waals surface area contributed by atoms with Gasteiger partial charge in [-0.05, 0) is 13.8 Å². The molecule has 0 N–H and O–H groups in total. The number of ether oxygens (including phenoxy) is 2. The van der Waals surface area contributed by atoms with Crippen LogP contribution in [-0.4, -0.2) is 32.0 Å². The average molecular weight is 214 g/mol. The van der Waals surface area contributed by atoms with Crippen LogP contribution in [0.25, 0.3) is 0 Å². The molecule has 0 heterocycles. The Hall–Kier alpha value is -0.780. The summed E-state index contributed by atoms with van der Waals surface area (Å²) >= 11 is 0. The fourth-order valence-electron chi connectivity index (χ4n) is 0.704. The van der Waals surface area contributed by atoms with Gasteiger partial charge in [0.05, 0.1) is 19.1 Å². The second-order valence-corrected chi connectivity index (χ2v) is 2.78. The van der Waals surface area contributed by atoms with Gasteiger partial charge in [0.15, 0.2) is 0 Å². The Labute approximate surface area is 80.2 Å². The molecule has 3 nitrogen and oxygen atoms in total. The van der Waals surface area contributed by atoms with Crippen LogP contribution < -0.4 is 0 Å². The lowest BCUT2D eigenvalue weighted by molar-refractivity contribution is -0.180. The SMILES string of the molecule is CCOC(=O)C(C)COCC(F)(F)F. The highest BCUT2D eigenvalue weighted by Crippen LogP contribution is 2.15. The van der Waals surface area contributed by atoms with Crippen LogP contribution in [0.15, 0.2) is 0 Å². The van der Waals surface area contributed by atoms with Gasteiger partial charge in [0, 0.05) is 0 Å². The number of carbonyl (C=O) groups is 1. The Kier molecular flexibility index (Phi) is 5.52. The first-order valence-electron chi connectivity index (χ1n) is 4.18. The van der Waals surface area contributed by atoms with Crippen LogP contribution in [0, 0.1) is 5.92 Å². The zero-order valence-electron chi connectivity index (χ0n) is 8.06. The molecule has 1 unspecified atom stereocenters. The Bertz CT molecular complexity index is 179. The highest BCUT2D eigenvalue weighted by Gasteiger charge is 2.28. The summed E-state index contributed by atoms with van der Waals surface area (Å²) in [5.41, 5.74) is 0. The van der Waals surface area contributed by atoms with Gasteiger partial charge in [-0.3, -0.25) is 4.79 Å². The molecule has 1 atom stereocenters. The number of rotatable bonds is 5. The summed E-state index contributed by atoms with van der Waals surface area (Å²) in [5.74, 6) is -1.22. The molecule has 0 saturated carbocycles. The first kappa shape index (κ1) is 13.2. The van der Waals surface area contributed by atoms with Crippen molar-refractivity contribution in [3.8, 4) is 0 Å². The minimum Gasteiger partial charge on any atom is -0.466 e. The zero-order valence-corrected chi connectivity index (χ0v) is 8.06. The number of hydrogen-bond donors (Lipinski definition) is 0. The summed E-state index contributed by atoms with van der Waals surface area (Å²) in [6.07, 6.45) is -4.35. The van der Waals surface area contributed by atoms with E-state index < -0.39 is 24.7 Å². The molecule has 6 heteroatoms. The van der Waals surface area contributed by atoms with Crippen LogP contribution in [-0.2, 0) is 14.3 Å². The smallest absolute Gasteiger partial charge is 0.411 e. The van der Waals surface area contributed by atoms with Crippen molar-refractivity contribution in [3.63, 3.8) is 0 Å². The molecule has 0 aliphatic rings. The van der Waals surface area contributed by atoms with Crippen molar-refractivity contribution in [2.24, 2.45) is 5.92 Å². The van der Waals surface area contributed by atoms with Gasteiger partial charge in [-0.2, -0.15) is 13.2 Å². The molecule has 0 aliphatic heterocycles. The van der Waals surface area contributed by atoms with E-state index >= 15 is 0 Å². The molecular formula is C8H13F3O3. The number of hydrogen-bond acceptors (Lipinski definition) is 3. The van der Waals surface area contributed by atoms with Gasteiger partial charge in [-0.15, -0.1) is 0 Å². The van der Waals surface area contributed by atoms with E-state index in [0.717, 1.165) is 0 Å². The normalized spacial score (nSPS) is 13.8. The third-order valence-electron chi connectivity index (χ3n) is 1.32. The van der Waals surface area contributed by atoms with Crippen molar-refractivity contribution in [3.05, 3.63) is 0 Å². The summed E-state index contributed by atoms with van der Waals surface area (Å²) < 4.78 is 43.7. The molecule has 0 fully saturated rings. The Morgan fingerprint density at radius 1 is 1.43 bits per heavy atom. The molecule has 0 rings (SSSR count). The molecule has 0 aromatic carbocycles. The first-order valence-corrected chi connectivity index (χ1v) is 4.18. The first-order chi connectivity index (χ1) is 6.37. The molecule has 0 aliphatic carbocycles. The molecule has 0 bridgehead atoms. The largest absolute Gasteiger partial charge is 0.466 e. The predicted octanol–water partition coefficient (Wildman–Crippen LogP) is 1.76. The fourth-order valence-corrected chi connectivity index (χ4v) is 0.704. The maximum absolute atomic E-state index is 11.6. The van der Waals surface area contributed by atoms with E-state index in [1.54, 1.807) is 6.92 Å². The van der Waals surface area contributed by atoms with Crippen molar-refractivity contribution < 1.29 is 27.4 Å². The second kappa shape index (κ2) is 5.85. The number of alkyl halides is 3. The van der Waals surface area contributed by atoms with Gasteiger partial charge in [-0.1, -0.05) is 0 Å². The molecule has 0 amide bonds. The van der Waals surface area contributed by atoms with Gasteiger partial charge in [0.2, 0.25) is 0 Å². The Morgan fingerprint density at radius 3 is 2.43 bits per heavy atom.